The number of primary amides is 1. The molecule has 1 aliphatic rings. The number of hydrogen-bond donors (Lipinski definition) is 2. The first-order valence-corrected chi connectivity index (χ1v) is 7.34. The van der Waals surface area contributed by atoms with Gasteiger partial charge in [0.25, 0.3) is 0 Å². The van der Waals surface area contributed by atoms with Gasteiger partial charge in [-0.3, -0.25) is 14.7 Å². The number of benzene rings is 1. The summed E-state index contributed by atoms with van der Waals surface area (Å²) < 4.78 is 0. The molecule has 1 aromatic heterocycles. The number of H-pyrrole nitrogens is 1. The maximum Gasteiger partial charge on any atom is 0.311 e. The topological polar surface area (TPSA) is 92.1 Å². The van der Waals surface area contributed by atoms with Crippen LogP contribution in [-0.4, -0.2) is 40.0 Å². The Morgan fingerprint density at radius 1 is 1.27 bits per heavy atom. The molecule has 0 saturated carbocycles. The van der Waals surface area contributed by atoms with Crippen LogP contribution in [0.3, 0.4) is 0 Å². The molecule has 2 heterocycles. The molecule has 0 unspecified atom stereocenters. The molecular weight excluding hydrogens is 280 g/mol. The van der Waals surface area contributed by atoms with Crippen LogP contribution in [0.25, 0.3) is 11.1 Å². The van der Waals surface area contributed by atoms with Gasteiger partial charge in [-0.25, -0.2) is 0 Å². The normalized spacial score (nSPS) is 18.2. The van der Waals surface area contributed by atoms with Crippen LogP contribution in [0.15, 0.2) is 36.5 Å². The highest BCUT2D eigenvalue weighted by atomic mass is 16.2. The number of piperidine rings is 1. The monoisotopic (exact) mass is 298 g/mol. The molecule has 3 N–H and O–H groups in total. The zero-order valence-corrected chi connectivity index (χ0v) is 12.2. The fraction of sp³-hybridized carbons (Fsp3) is 0.312. The second-order valence-electron chi connectivity index (χ2n) is 5.52. The highest BCUT2D eigenvalue weighted by Crippen LogP contribution is 2.32. The van der Waals surface area contributed by atoms with Crippen molar-refractivity contribution in [2.75, 3.05) is 13.1 Å². The second kappa shape index (κ2) is 6.01. The van der Waals surface area contributed by atoms with E-state index >= 15 is 0 Å². The Bertz CT molecular complexity index is 680. The van der Waals surface area contributed by atoms with Gasteiger partial charge >= 0.3 is 11.8 Å². The van der Waals surface area contributed by atoms with Crippen LogP contribution in [-0.2, 0) is 9.59 Å². The molecule has 0 bridgehead atoms. The van der Waals surface area contributed by atoms with E-state index in [2.05, 4.69) is 10.2 Å². The molecule has 0 radical (unpaired) electrons. The average Bonchev–Trinajstić information content (AvgIpc) is 3.04. The number of nitrogens with one attached hydrogen (secondary N) is 1. The van der Waals surface area contributed by atoms with E-state index in [0.29, 0.717) is 13.1 Å². The van der Waals surface area contributed by atoms with Crippen molar-refractivity contribution in [3.05, 3.63) is 42.2 Å². The van der Waals surface area contributed by atoms with Gasteiger partial charge in [-0.1, -0.05) is 30.3 Å². The van der Waals surface area contributed by atoms with Crippen LogP contribution in [0.1, 0.15) is 24.5 Å². The lowest BCUT2D eigenvalue weighted by Crippen LogP contribution is -2.45. The predicted molar refractivity (Wildman–Crippen MR) is 81.8 cm³/mol. The van der Waals surface area contributed by atoms with Crippen LogP contribution >= 0.6 is 0 Å². The van der Waals surface area contributed by atoms with E-state index in [0.717, 1.165) is 29.7 Å². The molecule has 1 aromatic carbocycles. The zero-order chi connectivity index (χ0) is 15.5. The van der Waals surface area contributed by atoms with Crippen LogP contribution in [0, 0.1) is 0 Å². The molecule has 0 aliphatic carbocycles. The minimum absolute atomic E-state index is 0.134. The lowest BCUT2D eigenvalue weighted by molar-refractivity contribution is -0.145. The standard InChI is InChI=1S/C16H18N4O2/c17-15(21)16(22)20-8-4-7-12(10-20)14-13(9-18-19-14)11-5-2-1-3-6-11/h1-3,5-6,9,12H,4,7-8,10H2,(H2,17,21)(H,18,19)/t12-/m1/s1. The smallest absolute Gasteiger partial charge is 0.311 e. The Balaban J connectivity index is 1.85. The van der Waals surface area contributed by atoms with Crippen molar-refractivity contribution in [2.45, 2.75) is 18.8 Å². The minimum atomic E-state index is -0.895. The van der Waals surface area contributed by atoms with Crippen molar-refractivity contribution in [1.82, 2.24) is 15.1 Å². The summed E-state index contributed by atoms with van der Waals surface area (Å²) in [7, 11) is 0. The highest BCUT2D eigenvalue weighted by molar-refractivity contribution is 6.34. The SMILES string of the molecule is NC(=O)C(=O)N1CCC[C@@H](c2[nH]ncc2-c2ccccc2)C1. The van der Waals surface area contributed by atoms with Crippen molar-refractivity contribution in [3.8, 4) is 11.1 Å². The third kappa shape index (κ3) is 2.72. The Morgan fingerprint density at radius 2 is 2.05 bits per heavy atom. The summed E-state index contributed by atoms with van der Waals surface area (Å²) in [6.45, 7) is 1.07. The molecule has 3 rings (SSSR count). The summed E-state index contributed by atoms with van der Waals surface area (Å²) in [6.07, 6.45) is 3.60. The van der Waals surface area contributed by atoms with E-state index in [1.54, 1.807) is 6.20 Å². The summed E-state index contributed by atoms with van der Waals surface area (Å²) in [5.74, 6) is -1.37. The Labute approximate surface area is 128 Å². The van der Waals surface area contributed by atoms with Crippen LogP contribution < -0.4 is 5.73 Å². The van der Waals surface area contributed by atoms with Gasteiger partial charge in [-0.05, 0) is 18.4 Å². The number of rotatable bonds is 2. The first kappa shape index (κ1) is 14.3. The Hall–Kier alpha value is -2.63. The molecule has 2 amide bonds. The molecule has 22 heavy (non-hydrogen) atoms. The van der Waals surface area contributed by atoms with Gasteiger partial charge in [-0.2, -0.15) is 5.10 Å². The van der Waals surface area contributed by atoms with Crippen molar-refractivity contribution in [3.63, 3.8) is 0 Å². The van der Waals surface area contributed by atoms with E-state index in [9.17, 15) is 9.59 Å². The second-order valence-corrected chi connectivity index (χ2v) is 5.52. The largest absolute Gasteiger partial charge is 0.361 e. The molecule has 1 atom stereocenters. The number of carbonyl (C=O) groups is 2. The zero-order valence-electron chi connectivity index (χ0n) is 12.2. The van der Waals surface area contributed by atoms with E-state index in [4.69, 9.17) is 5.73 Å². The summed E-state index contributed by atoms with van der Waals surface area (Å²) in [4.78, 5) is 24.4. The first-order chi connectivity index (χ1) is 10.7. The number of amides is 2. The third-order valence-corrected chi connectivity index (χ3v) is 4.08. The quantitative estimate of drug-likeness (QED) is 0.818. The number of carbonyl (C=O) groups excluding carboxylic acids is 2. The van der Waals surface area contributed by atoms with Crippen LogP contribution in [0.2, 0.25) is 0 Å². The van der Waals surface area contributed by atoms with E-state index in [1.165, 1.54) is 4.90 Å². The fourth-order valence-electron chi connectivity index (χ4n) is 3.01. The molecular formula is C16H18N4O2. The van der Waals surface area contributed by atoms with Gasteiger partial charge in [0.15, 0.2) is 0 Å². The van der Waals surface area contributed by atoms with Gasteiger partial charge in [0.05, 0.1) is 6.20 Å². The summed E-state index contributed by atoms with van der Waals surface area (Å²) >= 11 is 0. The lowest BCUT2D eigenvalue weighted by atomic mass is 9.90. The number of nitrogens with two attached hydrogens (primary N) is 1. The van der Waals surface area contributed by atoms with Gasteiger partial charge in [0.1, 0.15) is 0 Å². The van der Waals surface area contributed by atoms with Crippen molar-refractivity contribution < 1.29 is 9.59 Å². The van der Waals surface area contributed by atoms with Crippen LogP contribution in [0.4, 0.5) is 0 Å². The highest BCUT2D eigenvalue weighted by Gasteiger charge is 2.29. The molecule has 2 aromatic rings. The summed E-state index contributed by atoms with van der Waals surface area (Å²) in [6, 6.07) is 10.00. The van der Waals surface area contributed by atoms with Gasteiger partial charge < -0.3 is 10.6 Å². The van der Waals surface area contributed by atoms with E-state index < -0.39 is 11.8 Å². The number of aromatic nitrogens is 2. The van der Waals surface area contributed by atoms with Gasteiger partial charge in [0.2, 0.25) is 0 Å². The first-order valence-electron chi connectivity index (χ1n) is 7.34. The molecule has 6 nitrogen and oxygen atoms in total. The van der Waals surface area contributed by atoms with Crippen molar-refractivity contribution >= 4 is 11.8 Å². The Kier molecular flexibility index (Phi) is 3.91. The van der Waals surface area contributed by atoms with E-state index in [-0.39, 0.29) is 5.92 Å². The molecule has 6 heteroatoms. The number of nitrogens with zero attached hydrogens (tertiary/aromatic N) is 2. The van der Waals surface area contributed by atoms with Crippen LogP contribution in [0.5, 0.6) is 0 Å². The summed E-state index contributed by atoms with van der Waals surface area (Å²) in [5.41, 5.74) is 8.24. The minimum Gasteiger partial charge on any atom is -0.361 e. The number of likely N-dealkylation sites (tertiary alicyclic amines) is 1. The van der Waals surface area contributed by atoms with Crippen molar-refractivity contribution in [2.24, 2.45) is 5.73 Å². The fourth-order valence-corrected chi connectivity index (χ4v) is 3.01. The number of aromatic amines is 1. The maximum atomic E-state index is 11.8. The molecule has 0 spiro atoms. The van der Waals surface area contributed by atoms with Gasteiger partial charge in [0, 0.05) is 30.3 Å². The Morgan fingerprint density at radius 3 is 2.77 bits per heavy atom. The van der Waals surface area contributed by atoms with E-state index in [1.807, 2.05) is 30.3 Å². The maximum absolute atomic E-state index is 11.8. The molecule has 1 aliphatic heterocycles. The average molecular weight is 298 g/mol. The summed E-state index contributed by atoms with van der Waals surface area (Å²) in [5, 5.41) is 7.22. The molecule has 114 valence electrons. The van der Waals surface area contributed by atoms with Gasteiger partial charge in [-0.15, -0.1) is 0 Å². The predicted octanol–water partition coefficient (Wildman–Crippen LogP) is 1.27. The lowest BCUT2D eigenvalue weighted by Gasteiger charge is -2.31. The molecule has 1 fully saturated rings. The molecule has 1 saturated heterocycles. The van der Waals surface area contributed by atoms with Crippen molar-refractivity contribution in [1.29, 1.82) is 0 Å². The number of hydrogen-bond acceptors (Lipinski definition) is 3. The third-order valence-electron chi connectivity index (χ3n) is 4.08.